The molecule has 0 fully saturated rings. The predicted octanol–water partition coefficient (Wildman–Crippen LogP) is 2.89. The third-order valence-corrected chi connectivity index (χ3v) is 2.67. The summed E-state index contributed by atoms with van der Waals surface area (Å²) < 4.78 is 0. The topological polar surface area (TPSA) is 0 Å². The minimum absolute atomic E-state index is 0.456. The van der Waals surface area contributed by atoms with E-state index in [9.17, 15) is 0 Å². The second-order valence-corrected chi connectivity index (χ2v) is 4.62. The van der Waals surface area contributed by atoms with Crippen LogP contribution in [0.25, 0.3) is 0 Å². The first-order chi connectivity index (χ1) is 5.00. The van der Waals surface area contributed by atoms with Gasteiger partial charge in [0.25, 0.3) is 0 Å². The van der Waals surface area contributed by atoms with Crippen molar-refractivity contribution in [1.82, 2.24) is 0 Å². The van der Waals surface area contributed by atoms with Crippen LogP contribution in [-0.2, 0) is 0 Å². The zero-order valence-electron chi connectivity index (χ0n) is 7.85. The molecule has 0 bridgehead atoms. The van der Waals surface area contributed by atoms with Gasteiger partial charge < -0.3 is 0 Å². The summed E-state index contributed by atoms with van der Waals surface area (Å²) in [5.41, 5.74) is 1.54. The Morgan fingerprint density at radius 1 is 1.45 bits per heavy atom. The minimum atomic E-state index is 0.456. The number of allylic oxidation sites excluding steroid dienone is 2. The van der Waals surface area contributed by atoms with Crippen LogP contribution in [-0.4, -0.2) is 7.85 Å². The predicted molar refractivity (Wildman–Crippen MR) is 50.6 cm³/mol. The van der Waals surface area contributed by atoms with E-state index in [1.54, 1.807) is 0 Å². The average Bonchev–Trinajstić information content (AvgIpc) is 1.86. The highest BCUT2D eigenvalue weighted by Gasteiger charge is 2.24. The van der Waals surface area contributed by atoms with Crippen LogP contribution in [0.1, 0.15) is 40.0 Å². The Morgan fingerprint density at radius 3 is 2.45 bits per heavy atom. The Hall–Kier alpha value is -0.195. The van der Waals surface area contributed by atoms with Crippen LogP contribution in [0.3, 0.4) is 0 Å². The fourth-order valence-electron chi connectivity index (χ4n) is 1.64. The summed E-state index contributed by atoms with van der Waals surface area (Å²) in [6.45, 7) is 6.94. The van der Waals surface area contributed by atoms with Gasteiger partial charge in [-0.2, -0.15) is 0 Å². The summed E-state index contributed by atoms with van der Waals surface area (Å²) in [5, 5.41) is 0. The molecule has 0 aliphatic heterocycles. The van der Waals surface area contributed by atoms with E-state index in [0.717, 1.165) is 17.8 Å². The van der Waals surface area contributed by atoms with Gasteiger partial charge in [-0.3, -0.25) is 0 Å². The highest BCUT2D eigenvalue weighted by molar-refractivity contribution is 6.21. The largest absolute Gasteiger partial charge is 0.122 e. The van der Waals surface area contributed by atoms with Crippen LogP contribution in [0.2, 0.25) is 0 Å². The van der Waals surface area contributed by atoms with Crippen molar-refractivity contribution in [3.05, 3.63) is 11.5 Å². The highest BCUT2D eigenvalue weighted by atomic mass is 14.3. The second kappa shape index (κ2) is 3.04. The molecule has 0 aromatic carbocycles. The summed E-state index contributed by atoms with van der Waals surface area (Å²) in [6.07, 6.45) is 5.74. The third kappa shape index (κ3) is 2.39. The lowest BCUT2D eigenvalue weighted by molar-refractivity contribution is 0.222. The Kier molecular flexibility index (Phi) is 2.46. The maximum absolute atomic E-state index is 5.70. The third-order valence-electron chi connectivity index (χ3n) is 2.67. The number of hydrogen-bond acceptors (Lipinski definition) is 0. The molecule has 0 aromatic heterocycles. The minimum Gasteiger partial charge on any atom is -0.122 e. The second-order valence-electron chi connectivity index (χ2n) is 4.62. The fraction of sp³-hybridized carbons (Fsp3) is 0.800. The molecule has 1 heteroatoms. The molecule has 1 rings (SSSR count). The molecule has 0 amide bonds. The summed E-state index contributed by atoms with van der Waals surface area (Å²) >= 11 is 0. The lowest BCUT2D eigenvalue weighted by atomic mass is 9.70. The van der Waals surface area contributed by atoms with Crippen molar-refractivity contribution in [2.45, 2.75) is 40.0 Å². The monoisotopic (exact) mass is 148 g/mol. The zero-order chi connectivity index (χ0) is 8.48. The number of hydrogen-bond donors (Lipinski definition) is 0. The van der Waals surface area contributed by atoms with Crippen molar-refractivity contribution < 1.29 is 0 Å². The van der Waals surface area contributed by atoms with Crippen molar-refractivity contribution in [1.29, 1.82) is 0 Å². The van der Waals surface area contributed by atoms with E-state index in [1.807, 2.05) is 0 Å². The van der Waals surface area contributed by atoms with E-state index < -0.39 is 0 Å². The van der Waals surface area contributed by atoms with Crippen LogP contribution in [0.4, 0.5) is 0 Å². The van der Waals surface area contributed by atoms with Crippen molar-refractivity contribution in [3.63, 3.8) is 0 Å². The van der Waals surface area contributed by atoms with Gasteiger partial charge in [0.2, 0.25) is 0 Å². The Bertz CT molecular complexity index is 162. The van der Waals surface area contributed by atoms with Crippen LogP contribution in [0.5, 0.6) is 0 Å². The van der Waals surface area contributed by atoms with E-state index in [-0.39, 0.29) is 0 Å². The molecule has 1 unspecified atom stereocenters. The number of rotatable bonds is 0. The molecule has 1 aliphatic rings. The quantitative estimate of drug-likeness (QED) is 0.463. The van der Waals surface area contributed by atoms with E-state index >= 15 is 0 Å². The Balaban J connectivity index is 2.54. The molecule has 2 radical (unpaired) electrons. The first-order valence-corrected chi connectivity index (χ1v) is 4.44. The summed E-state index contributed by atoms with van der Waals surface area (Å²) in [6, 6.07) is 0. The van der Waals surface area contributed by atoms with Crippen LogP contribution in [0, 0.1) is 11.3 Å². The van der Waals surface area contributed by atoms with Crippen LogP contribution < -0.4 is 0 Å². The standard InChI is InChI=1S/C10H17B/c1-10(2,3)8-4-6-9(11)7-5-8/h6,8H,4-5,7H2,1-3H3. The van der Waals surface area contributed by atoms with Gasteiger partial charge in [0.1, 0.15) is 7.85 Å². The molecule has 1 atom stereocenters. The van der Waals surface area contributed by atoms with Crippen molar-refractivity contribution in [3.8, 4) is 0 Å². The maximum Gasteiger partial charge on any atom is 0.107 e. The van der Waals surface area contributed by atoms with Gasteiger partial charge in [0.15, 0.2) is 0 Å². The van der Waals surface area contributed by atoms with Gasteiger partial charge in [-0.1, -0.05) is 26.8 Å². The molecule has 0 saturated carbocycles. The van der Waals surface area contributed by atoms with Crippen molar-refractivity contribution in [2.24, 2.45) is 11.3 Å². The Labute approximate surface area is 71.5 Å². The normalized spacial score (nSPS) is 26.5. The summed E-state index contributed by atoms with van der Waals surface area (Å²) in [4.78, 5) is 0. The van der Waals surface area contributed by atoms with Gasteiger partial charge in [0, 0.05) is 0 Å². The molecule has 11 heavy (non-hydrogen) atoms. The zero-order valence-corrected chi connectivity index (χ0v) is 7.85. The van der Waals surface area contributed by atoms with Gasteiger partial charge in [0.05, 0.1) is 0 Å². The first kappa shape index (κ1) is 8.90. The fourth-order valence-corrected chi connectivity index (χ4v) is 1.64. The molecule has 0 aromatic rings. The van der Waals surface area contributed by atoms with E-state index in [0.29, 0.717) is 5.41 Å². The molecular weight excluding hydrogens is 131 g/mol. The molecular formula is C10H17B. The molecule has 0 nitrogen and oxygen atoms in total. The highest BCUT2D eigenvalue weighted by Crippen LogP contribution is 2.36. The Morgan fingerprint density at radius 2 is 2.09 bits per heavy atom. The van der Waals surface area contributed by atoms with Crippen molar-refractivity contribution in [2.75, 3.05) is 0 Å². The molecule has 0 heterocycles. The lowest BCUT2D eigenvalue weighted by Gasteiger charge is -2.32. The average molecular weight is 148 g/mol. The van der Waals surface area contributed by atoms with E-state index in [1.165, 1.54) is 12.8 Å². The summed E-state index contributed by atoms with van der Waals surface area (Å²) in [7, 11) is 5.70. The molecule has 0 N–H and O–H groups in total. The smallest absolute Gasteiger partial charge is 0.107 e. The maximum atomic E-state index is 5.70. The molecule has 0 spiro atoms. The SMILES string of the molecule is [B]C1=CCC(C(C)(C)C)CC1. The van der Waals surface area contributed by atoms with Crippen LogP contribution in [0.15, 0.2) is 11.5 Å². The van der Waals surface area contributed by atoms with Crippen LogP contribution >= 0.6 is 0 Å². The van der Waals surface area contributed by atoms with E-state index in [2.05, 4.69) is 26.8 Å². The molecule has 1 aliphatic carbocycles. The lowest BCUT2D eigenvalue weighted by Crippen LogP contribution is -2.22. The van der Waals surface area contributed by atoms with Gasteiger partial charge >= 0.3 is 0 Å². The van der Waals surface area contributed by atoms with Gasteiger partial charge in [-0.05, 0) is 30.6 Å². The first-order valence-electron chi connectivity index (χ1n) is 4.44. The molecule has 0 saturated heterocycles. The summed E-state index contributed by atoms with van der Waals surface area (Å²) in [5.74, 6) is 0.829. The van der Waals surface area contributed by atoms with Crippen molar-refractivity contribution >= 4 is 7.85 Å². The van der Waals surface area contributed by atoms with E-state index in [4.69, 9.17) is 7.85 Å². The van der Waals surface area contributed by atoms with Gasteiger partial charge in [-0.25, -0.2) is 0 Å². The van der Waals surface area contributed by atoms with Gasteiger partial charge in [-0.15, -0.1) is 5.47 Å². The molecule has 60 valence electrons.